The number of halogens is 1. The number of fused-ring (bicyclic) bond motifs is 5. The number of alkyl halides is 1. The van der Waals surface area contributed by atoms with Gasteiger partial charge in [0, 0.05) is 5.41 Å². The van der Waals surface area contributed by atoms with Crippen molar-refractivity contribution in [3.05, 3.63) is 0 Å². The maximum Gasteiger partial charge on any atom is 0.131 e. The van der Waals surface area contributed by atoms with Crippen LogP contribution >= 0.6 is 0 Å². The largest absolute Gasteiger partial charge is 0.377 e. The Hall–Kier alpha value is -0.550. The van der Waals surface area contributed by atoms with Gasteiger partial charge in [-0.3, -0.25) is 0 Å². The monoisotopic (exact) mass is 332 g/mol. The highest BCUT2D eigenvalue weighted by molar-refractivity contribution is 5.25. The zero-order valence-electron chi connectivity index (χ0n) is 15.6. The first-order chi connectivity index (χ1) is 11.3. The molecule has 0 amide bonds. The molecular formula is C22H33FO. The number of hydrogen-bond acceptors (Lipinski definition) is 1. The summed E-state index contributed by atoms with van der Waals surface area (Å²) >= 11 is 0. The van der Waals surface area contributed by atoms with E-state index in [0.29, 0.717) is 23.2 Å². The molecule has 0 heterocycles. The summed E-state index contributed by atoms with van der Waals surface area (Å²) in [6.45, 7) is 6.62. The van der Waals surface area contributed by atoms with E-state index in [9.17, 15) is 9.50 Å². The highest BCUT2D eigenvalue weighted by Crippen LogP contribution is 2.68. The molecule has 0 aromatic carbocycles. The first kappa shape index (κ1) is 16.9. The minimum atomic E-state index is -0.786. The molecule has 0 radical (unpaired) electrons. The Kier molecular flexibility index (Phi) is 3.85. The van der Waals surface area contributed by atoms with Gasteiger partial charge in [0.1, 0.15) is 11.8 Å². The fraction of sp³-hybridized carbons (Fsp3) is 0.909. The predicted octanol–water partition coefficient (Wildman–Crippen LogP) is 5.12. The zero-order valence-corrected chi connectivity index (χ0v) is 15.6. The normalized spacial score (nSPS) is 56.5. The van der Waals surface area contributed by atoms with Crippen LogP contribution in [0.2, 0.25) is 0 Å². The molecule has 0 aromatic rings. The summed E-state index contributed by atoms with van der Waals surface area (Å²) in [5, 5.41) is 11.2. The summed E-state index contributed by atoms with van der Waals surface area (Å²) in [5.41, 5.74) is -0.493. The second-order valence-electron chi connectivity index (χ2n) is 9.76. The van der Waals surface area contributed by atoms with Gasteiger partial charge in [0.2, 0.25) is 0 Å². The first-order valence-electron chi connectivity index (χ1n) is 10.1. The summed E-state index contributed by atoms with van der Waals surface area (Å²) < 4.78 is 14.0. The molecule has 0 unspecified atom stereocenters. The number of hydrogen-bond donors (Lipinski definition) is 1. The lowest BCUT2D eigenvalue weighted by Gasteiger charge is -2.61. The van der Waals surface area contributed by atoms with Gasteiger partial charge in [-0.2, -0.15) is 0 Å². The van der Waals surface area contributed by atoms with Crippen LogP contribution in [-0.4, -0.2) is 16.9 Å². The molecule has 1 N–H and O–H groups in total. The van der Waals surface area contributed by atoms with Crippen molar-refractivity contribution < 1.29 is 9.50 Å². The van der Waals surface area contributed by atoms with Crippen molar-refractivity contribution in [2.24, 2.45) is 34.5 Å². The lowest BCUT2D eigenvalue weighted by molar-refractivity contribution is -0.140. The SMILES string of the molecule is CC#C[C@]1(O)CC[C@H]2[C@@H]3CC[C@H]4C[C@@H](F)CC[C@]4(C)[C@H]3CC[C@@]21C. The van der Waals surface area contributed by atoms with Gasteiger partial charge in [0.25, 0.3) is 0 Å². The molecule has 0 bridgehead atoms. The summed E-state index contributed by atoms with van der Waals surface area (Å²) in [4.78, 5) is 0. The van der Waals surface area contributed by atoms with E-state index < -0.39 is 11.8 Å². The average molecular weight is 333 g/mol. The molecule has 0 spiro atoms. The molecule has 1 nitrogen and oxygen atoms in total. The van der Waals surface area contributed by atoms with E-state index in [2.05, 4.69) is 25.7 Å². The quantitative estimate of drug-likeness (QED) is 0.610. The van der Waals surface area contributed by atoms with Gasteiger partial charge >= 0.3 is 0 Å². The van der Waals surface area contributed by atoms with Crippen molar-refractivity contribution in [3.8, 4) is 11.8 Å². The summed E-state index contributed by atoms with van der Waals surface area (Å²) in [6, 6.07) is 0. The molecule has 0 aliphatic heterocycles. The Balaban J connectivity index is 1.64. The fourth-order valence-corrected chi connectivity index (χ4v) is 7.63. The Morgan fingerprint density at radius 2 is 1.71 bits per heavy atom. The van der Waals surface area contributed by atoms with E-state index in [1.807, 2.05) is 6.92 Å². The topological polar surface area (TPSA) is 20.2 Å². The van der Waals surface area contributed by atoms with Gasteiger partial charge < -0.3 is 5.11 Å². The Morgan fingerprint density at radius 3 is 2.46 bits per heavy atom. The maximum atomic E-state index is 14.0. The van der Waals surface area contributed by atoms with Crippen molar-refractivity contribution in [1.29, 1.82) is 0 Å². The second kappa shape index (κ2) is 5.47. The molecular weight excluding hydrogens is 299 g/mol. The van der Waals surface area contributed by atoms with Crippen molar-refractivity contribution in [1.82, 2.24) is 0 Å². The molecule has 8 atom stereocenters. The molecule has 4 aliphatic carbocycles. The van der Waals surface area contributed by atoms with Gasteiger partial charge in [-0.15, -0.1) is 5.92 Å². The maximum absolute atomic E-state index is 14.0. The van der Waals surface area contributed by atoms with Crippen LogP contribution in [0.1, 0.15) is 78.6 Å². The molecule has 2 heteroatoms. The van der Waals surface area contributed by atoms with Crippen molar-refractivity contribution >= 4 is 0 Å². The third-order valence-corrected chi connectivity index (χ3v) is 9.09. The number of aliphatic hydroxyl groups is 1. The highest BCUT2D eigenvalue weighted by Gasteiger charge is 2.64. The van der Waals surface area contributed by atoms with Gasteiger partial charge in [0.15, 0.2) is 0 Å². The molecule has 4 fully saturated rings. The summed E-state index contributed by atoms with van der Waals surface area (Å²) in [6.07, 6.45) is 8.76. The van der Waals surface area contributed by atoms with E-state index in [1.54, 1.807) is 0 Å². The zero-order chi connectivity index (χ0) is 17.2. The molecule has 24 heavy (non-hydrogen) atoms. The van der Waals surface area contributed by atoms with Crippen LogP contribution in [0.3, 0.4) is 0 Å². The van der Waals surface area contributed by atoms with E-state index in [-0.39, 0.29) is 5.41 Å². The molecule has 4 rings (SSSR count). The van der Waals surface area contributed by atoms with Crippen LogP contribution in [-0.2, 0) is 0 Å². The Morgan fingerprint density at radius 1 is 0.958 bits per heavy atom. The molecule has 0 aromatic heterocycles. The van der Waals surface area contributed by atoms with Crippen LogP contribution < -0.4 is 0 Å². The third kappa shape index (κ3) is 2.09. The van der Waals surface area contributed by atoms with Gasteiger partial charge in [-0.05, 0) is 93.8 Å². The predicted molar refractivity (Wildman–Crippen MR) is 95.0 cm³/mol. The average Bonchev–Trinajstić information content (AvgIpc) is 2.80. The lowest BCUT2D eigenvalue weighted by Crippen LogP contribution is -2.56. The van der Waals surface area contributed by atoms with E-state index in [0.717, 1.165) is 44.4 Å². The number of rotatable bonds is 0. The molecule has 4 aliphatic rings. The van der Waals surface area contributed by atoms with Gasteiger partial charge in [-0.1, -0.05) is 19.8 Å². The van der Waals surface area contributed by atoms with Crippen LogP contribution in [0.25, 0.3) is 0 Å². The Labute approximate surface area is 146 Å². The summed E-state index contributed by atoms with van der Waals surface area (Å²) in [5.74, 6) is 8.82. The highest BCUT2D eigenvalue weighted by atomic mass is 19.1. The first-order valence-corrected chi connectivity index (χ1v) is 10.1. The minimum Gasteiger partial charge on any atom is -0.377 e. The lowest BCUT2D eigenvalue weighted by atomic mass is 9.44. The van der Waals surface area contributed by atoms with Crippen molar-refractivity contribution in [3.63, 3.8) is 0 Å². The van der Waals surface area contributed by atoms with Crippen LogP contribution in [0.4, 0.5) is 4.39 Å². The molecule has 134 valence electrons. The van der Waals surface area contributed by atoms with Gasteiger partial charge in [0.05, 0.1) is 0 Å². The van der Waals surface area contributed by atoms with Crippen LogP contribution in [0.15, 0.2) is 0 Å². The minimum absolute atomic E-state index is 0.0440. The smallest absolute Gasteiger partial charge is 0.131 e. The molecule has 0 saturated heterocycles. The van der Waals surface area contributed by atoms with Crippen molar-refractivity contribution in [2.75, 3.05) is 0 Å². The fourth-order valence-electron chi connectivity index (χ4n) is 7.63. The molecule has 4 saturated carbocycles. The van der Waals surface area contributed by atoms with Gasteiger partial charge in [-0.25, -0.2) is 4.39 Å². The van der Waals surface area contributed by atoms with Crippen LogP contribution in [0, 0.1) is 46.3 Å². The second-order valence-corrected chi connectivity index (χ2v) is 9.76. The Bertz CT molecular complexity index is 576. The van der Waals surface area contributed by atoms with E-state index in [1.165, 1.54) is 19.3 Å². The third-order valence-electron chi connectivity index (χ3n) is 9.09. The summed E-state index contributed by atoms with van der Waals surface area (Å²) in [7, 11) is 0. The van der Waals surface area contributed by atoms with E-state index in [4.69, 9.17) is 0 Å². The standard InChI is InChI=1S/C22H33FO/c1-4-10-22(24)13-9-19-17-6-5-15-14-16(23)7-11-20(15,2)18(17)8-12-21(19,22)3/h15-19,24H,5-9,11-14H2,1-3H3/t15-,16-,17+,18-,19-,20-,21-,22-/m0/s1. The van der Waals surface area contributed by atoms with Crippen LogP contribution in [0.5, 0.6) is 0 Å². The van der Waals surface area contributed by atoms with E-state index >= 15 is 0 Å². The van der Waals surface area contributed by atoms with Crippen molar-refractivity contribution in [2.45, 2.75) is 90.3 Å².